The van der Waals surface area contributed by atoms with Crippen LogP contribution in [0.15, 0.2) is 77.9 Å². The molecule has 0 saturated heterocycles. The van der Waals surface area contributed by atoms with Gasteiger partial charge in [-0.1, -0.05) is 42.5 Å². The maximum absolute atomic E-state index is 13.2. The third-order valence-corrected chi connectivity index (χ3v) is 5.04. The number of aromatic nitrogens is 1. The van der Waals surface area contributed by atoms with E-state index in [4.69, 9.17) is 0 Å². The fourth-order valence-electron chi connectivity index (χ4n) is 3.48. The summed E-state index contributed by atoms with van der Waals surface area (Å²) in [6, 6.07) is 20.7. The molecule has 0 fully saturated rings. The summed E-state index contributed by atoms with van der Waals surface area (Å²) in [6.07, 6.45) is 1.61. The van der Waals surface area contributed by atoms with Gasteiger partial charge >= 0.3 is 0 Å². The molecule has 2 N–H and O–H groups in total. The Morgan fingerprint density at radius 1 is 1.07 bits per heavy atom. The van der Waals surface area contributed by atoms with Crippen LogP contribution in [0.1, 0.15) is 27.2 Å². The topological polar surface area (TPSA) is 66.6 Å². The molecule has 1 amide bonds. The van der Waals surface area contributed by atoms with Gasteiger partial charge in [0.25, 0.3) is 5.91 Å². The average Bonchev–Trinajstić information content (AvgIpc) is 3.01. The van der Waals surface area contributed by atoms with Crippen LogP contribution >= 0.6 is 0 Å². The molecule has 30 heavy (non-hydrogen) atoms. The molecule has 0 bridgehead atoms. The highest BCUT2D eigenvalue weighted by Gasteiger charge is 2.13. The van der Waals surface area contributed by atoms with Crippen LogP contribution in [-0.4, -0.2) is 21.8 Å². The molecule has 5 nitrogen and oxygen atoms in total. The summed E-state index contributed by atoms with van der Waals surface area (Å²) in [6.45, 7) is 2.57. The monoisotopic (exact) mass is 401 g/mol. The molecule has 3 aromatic carbocycles. The van der Waals surface area contributed by atoms with Gasteiger partial charge < -0.3 is 9.67 Å². The average molecular weight is 401 g/mol. The molecule has 0 radical (unpaired) electrons. The number of carbonyl (C=O) groups is 1. The Kier molecular flexibility index (Phi) is 5.30. The summed E-state index contributed by atoms with van der Waals surface area (Å²) in [5.41, 5.74) is 6.48. The number of rotatable bonds is 5. The minimum atomic E-state index is -0.489. The van der Waals surface area contributed by atoms with Gasteiger partial charge in [0.1, 0.15) is 11.6 Å². The second kappa shape index (κ2) is 8.21. The molecule has 0 aliphatic rings. The maximum Gasteiger partial charge on any atom is 0.275 e. The Morgan fingerprint density at radius 3 is 2.53 bits per heavy atom. The Hall–Kier alpha value is -3.93. The third-order valence-electron chi connectivity index (χ3n) is 5.04. The van der Waals surface area contributed by atoms with Crippen LogP contribution in [0.25, 0.3) is 10.9 Å². The third kappa shape index (κ3) is 3.80. The first kappa shape index (κ1) is 19.4. The molecule has 0 saturated carbocycles. The second-order valence-electron chi connectivity index (χ2n) is 6.95. The molecule has 1 heterocycles. The van der Waals surface area contributed by atoms with Crippen molar-refractivity contribution in [1.29, 1.82) is 0 Å². The number of phenols is 1. The van der Waals surface area contributed by atoms with Gasteiger partial charge in [-0.25, -0.2) is 9.82 Å². The molecule has 4 rings (SSSR count). The van der Waals surface area contributed by atoms with E-state index in [9.17, 15) is 14.3 Å². The van der Waals surface area contributed by atoms with Crippen molar-refractivity contribution in [2.75, 3.05) is 0 Å². The second-order valence-corrected chi connectivity index (χ2v) is 6.95. The number of hydrogen-bond donors (Lipinski definition) is 2. The van der Waals surface area contributed by atoms with E-state index in [-0.39, 0.29) is 17.1 Å². The van der Waals surface area contributed by atoms with Gasteiger partial charge in [0.2, 0.25) is 0 Å². The summed E-state index contributed by atoms with van der Waals surface area (Å²) in [4.78, 5) is 12.3. The molecule has 0 aliphatic carbocycles. The largest absolute Gasteiger partial charge is 0.507 e. The minimum absolute atomic E-state index is 0.0997. The first-order valence-electron chi connectivity index (χ1n) is 9.48. The van der Waals surface area contributed by atoms with Crippen LogP contribution in [0.3, 0.4) is 0 Å². The van der Waals surface area contributed by atoms with Crippen molar-refractivity contribution < 1.29 is 14.3 Å². The van der Waals surface area contributed by atoms with Crippen molar-refractivity contribution in [3.05, 3.63) is 101 Å². The van der Waals surface area contributed by atoms with Gasteiger partial charge in [-0.2, -0.15) is 5.10 Å². The highest BCUT2D eigenvalue weighted by molar-refractivity contribution is 6.02. The first-order chi connectivity index (χ1) is 14.5. The number of halogens is 1. The van der Waals surface area contributed by atoms with E-state index in [2.05, 4.69) is 15.1 Å². The number of aromatic hydroxyl groups is 1. The predicted molar refractivity (Wildman–Crippen MR) is 115 cm³/mol. The molecule has 0 spiro atoms. The molecule has 0 aliphatic heterocycles. The lowest BCUT2D eigenvalue weighted by molar-refractivity contribution is 0.0952. The van der Waals surface area contributed by atoms with E-state index in [0.29, 0.717) is 6.54 Å². The summed E-state index contributed by atoms with van der Waals surface area (Å²) >= 11 is 0. The van der Waals surface area contributed by atoms with Gasteiger partial charge in [0.05, 0.1) is 11.8 Å². The van der Waals surface area contributed by atoms with Crippen molar-refractivity contribution in [3.63, 3.8) is 0 Å². The molecule has 1 aromatic heterocycles. The zero-order valence-electron chi connectivity index (χ0n) is 16.3. The fraction of sp³-hybridized carbons (Fsp3) is 0.0833. The molecule has 6 heteroatoms. The highest BCUT2D eigenvalue weighted by atomic mass is 19.1. The summed E-state index contributed by atoms with van der Waals surface area (Å²) in [5, 5.41) is 14.9. The number of para-hydroxylation sites is 2. The number of phenolic OH excluding ortho intramolecular Hbond substituents is 1. The molecule has 4 aromatic rings. The molecule has 0 atom stereocenters. The number of nitrogens with zero attached hydrogens (tertiary/aromatic N) is 2. The number of fused-ring (bicyclic) bond motifs is 1. The lowest BCUT2D eigenvalue weighted by atomic mass is 10.1. The van der Waals surface area contributed by atoms with Crippen molar-refractivity contribution in [2.45, 2.75) is 13.5 Å². The molecular weight excluding hydrogens is 381 g/mol. The molecular formula is C24H20FN3O2. The van der Waals surface area contributed by atoms with E-state index in [1.54, 1.807) is 30.5 Å². The highest BCUT2D eigenvalue weighted by Crippen LogP contribution is 2.25. The van der Waals surface area contributed by atoms with Crippen molar-refractivity contribution in [1.82, 2.24) is 9.99 Å². The molecule has 0 unspecified atom stereocenters. The Bertz CT molecular complexity index is 1240. The number of hydrazone groups is 1. The predicted octanol–water partition coefficient (Wildman–Crippen LogP) is 4.61. The van der Waals surface area contributed by atoms with Crippen LogP contribution in [0.4, 0.5) is 4.39 Å². The van der Waals surface area contributed by atoms with E-state index < -0.39 is 5.91 Å². The van der Waals surface area contributed by atoms with Gasteiger partial charge in [0.15, 0.2) is 0 Å². The van der Waals surface area contributed by atoms with E-state index in [1.807, 2.05) is 31.2 Å². The lowest BCUT2D eigenvalue weighted by Crippen LogP contribution is -2.17. The quantitative estimate of drug-likeness (QED) is 0.379. The SMILES string of the molecule is Cc1c(/C=N\NC(=O)c2ccccc2O)c2ccccc2n1Cc1ccc(F)cc1. The van der Waals surface area contributed by atoms with Gasteiger partial charge in [0, 0.05) is 28.7 Å². The van der Waals surface area contributed by atoms with Gasteiger partial charge in [-0.3, -0.25) is 4.79 Å². The summed E-state index contributed by atoms with van der Waals surface area (Å²) in [5.74, 6) is -0.852. The van der Waals surface area contributed by atoms with Crippen molar-refractivity contribution in [2.24, 2.45) is 5.10 Å². The number of carbonyl (C=O) groups excluding carboxylic acids is 1. The van der Waals surface area contributed by atoms with E-state index in [0.717, 1.165) is 27.7 Å². The number of hydrogen-bond acceptors (Lipinski definition) is 3. The van der Waals surface area contributed by atoms with Crippen LogP contribution in [-0.2, 0) is 6.54 Å². The van der Waals surface area contributed by atoms with Crippen LogP contribution in [0.5, 0.6) is 5.75 Å². The van der Waals surface area contributed by atoms with E-state index in [1.165, 1.54) is 24.3 Å². The summed E-state index contributed by atoms with van der Waals surface area (Å²) < 4.78 is 15.4. The molecule has 150 valence electrons. The van der Waals surface area contributed by atoms with E-state index >= 15 is 0 Å². The number of nitrogens with one attached hydrogen (secondary N) is 1. The normalized spacial score (nSPS) is 11.3. The van der Waals surface area contributed by atoms with Gasteiger partial charge in [-0.15, -0.1) is 0 Å². The number of benzene rings is 3. The Balaban J connectivity index is 1.63. The smallest absolute Gasteiger partial charge is 0.275 e. The van der Waals surface area contributed by atoms with Crippen LogP contribution < -0.4 is 5.43 Å². The minimum Gasteiger partial charge on any atom is -0.507 e. The van der Waals surface area contributed by atoms with Gasteiger partial charge in [-0.05, 0) is 42.8 Å². The van der Waals surface area contributed by atoms with Crippen molar-refractivity contribution in [3.8, 4) is 5.75 Å². The zero-order valence-corrected chi connectivity index (χ0v) is 16.3. The first-order valence-corrected chi connectivity index (χ1v) is 9.48. The number of amides is 1. The van der Waals surface area contributed by atoms with Crippen LogP contribution in [0.2, 0.25) is 0 Å². The Labute approximate surface area is 173 Å². The van der Waals surface area contributed by atoms with Crippen molar-refractivity contribution >= 4 is 23.0 Å². The lowest BCUT2D eigenvalue weighted by Gasteiger charge is -2.08. The fourth-order valence-corrected chi connectivity index (χ4v) is 3.48. The van der Waals surface area contributed by atoms with Crippen LogP contribution in [0, 0.1) is 12.7 Å². The maximum atomic E-state index is 13.2. The zero-order chi connectivity index (χ0) is 21.1. The Morgan fingerprint density at radius 2 is 1.77 bits per heavy atom. The summed E-state index contributed by atoms with van der Waals surface area (Å²) in [7, 11) is 0. The standard InChI is InChI=1S/C24H20FN3O2/c1-16-21(14-26-27-24(30)20-7-3-5-9-23(20)29)19-6-2-4-8-22(19)28(16)15-17-10-12-18(25)13-11-17/h2-14,29H,15H2,1H3,(H,27,30)/b26-14-.